The number of hydrogen-bond acceptors (Lipinski definition) is 4. The molecule has 4 heteroatoms. The molecule has 1 rings (SSSR count). The first-order chi connectivity index (χ1) is 7.03. The number of oxazole rings is 1. The van der Waals surface area contributed by atoms with Gasteiger partial charge in [0.05, 0.1) is 5.69 Å². The van der Waals surface area contributed by atoms with Crippen LogP contribution in [0.15, 0.2) is 4.42 Å². The van der Waals surface area contributed by atoms with Gasteiger partial charge in [0.1, 0.15) is 0 Å². The van der Waals surface area contributed by atoms with Crippen LogP contribution in [0.5, 0.6) is 0 Å². The summed E-state index contributed by atoms with van der Waals surface area (Å²) in [5.74, 6) is 0.221. The number of aromatic nitrogens is 1. The molecule has 1 aromatic rings. The smallest absolute Gasteiger partial charge is 0.292 e. The molecule has 2 N–H and O–H groups in total. The highest BCUT2D eigenvalue weighted by molar-refractivity contribution is 5.98. The van der Waals surface area contributed by atoms with E-state index in [2.05, 4.69) is 4.98 Å². The summed E-state index contributed by atoms with van der Waals surface area (Å²) in [4.78, 5) is 16.3. The van der Waals surface area contributed by atoms with E-state index < -0.39 is 5.41 Å². The van der Waals surface area contributed by atoms with Crippen LogP contribution < -0.4 is 5.73 Å². The van der Waals surface area contributed by atoms with E-state index in [0.29, 0.717) is 5.69 Å². The van der Waals surface area contributed by atoms with Crippen molar-refractivity contribution in [2.75, 3.05) is 5.73 Å². The van der Waals surface area contributed by atoms with Crippen LogP contribution in [0.2, 0.25) is 0 Å². The van der Waals surface area contributed by atoms with E-state index in [0.717, 1.165) is 0 Å². The average Bonchev–Trinajstić information content (AvgIpc) is 2.43. The monoisotopic (exact) mass is 224 g/mol. The predicted molar refractivity (Wildman–Crippen MR) is 63.4 cm³/mol. The van der Waals surface area contributed by atoms with E-state index >= 15 is 0 Å². The second kappa shape index (κ2) is 3.61. The molecule has 0 aromatic carbocycles. The second-order valence-electron chi connectivity index (χ2n) is 6.06. The molecule has 1 heterocycles. The Morgan fingerprint density at radius 2 is 1.69 bits per heavy atom. The van der Waals surface area contributed by atoms with Gasteiger partial charge in [0, 0.05) is 10.8 Å². The van der Waals surface area contributed by atoms with Crippen molar-refractivity contribution in [3.05, 3.63) is 11.5 Å². The number of hydrogen-bond donors (Lipinski definition) is 1. The lowest BCUT2D eigenvalue weighted by Gasteiger charge is -2.19. The van der Waals surface area contributed by atoms with E-state index in [1.807, 2.05) is 41.5 Å². The first-order valence-electron chi connectivity index (χ1n) is 5.35. The molecule has 0 unspecified atom stereocenters. The predicted octanol–water partition coefficient (Wildman–Crippen LogP) is 2.78. The summed E-state index contributed by atoms with van der Waals surface area (Å²) in [5.41, 5.74) is 5.41. The fraction of sp³-hybridized carbons (Fsp3) is 0.667. The number of nitrogens with two attached hydrogens (primary N) is 1. The van der Waals surface area contributed by atoms with Gasteiger partial charge in [-0.25, -0.2) is 0 Å². The quantitative estimate of drug-likeness (QED) is 0.745. The van der Waals surface area contributed by atoms with Crippen LogP contribution in [0.3, 0.4) is 0 Å². The van der Waals surface area contributed by atoms with Gasteiger partial charge < -0.3 is 10.2 Å². The Balaban J connectivity index is 3.30. The fourth-order valence-electron chi connectivity index (χ4n) is 1.34. The highest BCUT2D eigenvalue weighted by atomic mass is 16.4. The lowest BCUT2D eigenvalue weighted by atomic mass is 9.84. The van der Waals surface area contributed by atoms with Gasteiger partial charge in [-0.1, -0.05) is 41.5 Å². The first kappa shape index (κ1) is 12.7. The van der Waals surface area contributed by atoms with Gasteiger partial charge in [-0.05, 0) is 0 Å². The van der Waals surface area contributed by atoms with E-state index in [1.165, 1.54) is 0 Å². The number of Topliss-reactive ketones (excluding diaryl/α,β-unsaturated/α-hetero) is 1. The fourth-order valence-corrected chi connectivity index (χ4v) is 1.34. The molecule has 0 fully saturated rings. The molecular formula is C12H20N2O2. The Bertz CT molecular complexity index is 406. The van der Waals surface area contributed by atoms with Crippen LogP contribution in [0.4, 0.5) is 6.01 Å². The third kappa shape index (κ3) is 2.43. The maximum Gasteiger partial charge on any atom is 0.292 e. The number of anilines is 1. The van der Waals surface area contributed by atoms with Crippen molar-refractivity contribution >= 4 is 11.8 Å². The Morgan fingerprint density at radius 3 is 2.06 bits per heavy atom. The molecule has 0 amide bonds. The number of ketones is 1. The molecule has 0 aliphatic rings. The van der Waals surface area contributed by atoms with Gasteiger partial charge in [-0.2, -0.15) is 4.98 Å². The molecule has 16 heavy (non-hydrogen) atoms. The van der Waals surface area contributed by atoms with Crippen molar-refractivity contribution in [3.8, 4) is 0 Å². The third-order valence-corrected chi connectivity index (χ3v) is 2.24. The molecule has 0 aliphatic heterocycles. The van der Waals surface area contributed by atoms with Crippen LogP contribution in [0.1, 0.15) is 57.8 Å². The largest absolute Gasteiger partial charge is 0.420 e. The Kier molecular flexibility index (Phi) is 2.88. The van der Waals surface area contributed by atoms with Gasteiger partial charge in [-0.3, -0.25) is 4.79 Å². The highest BCUT2D eigenvalue weighted by Crippen LogP contribution is 2.31. The number of rotatable bonds is 1. The van der Waals surface area contributed by atoms with Crippen LogP contribution in [0.25, 0.3) is 0 Å². The van der Waals surface area contributed by atoms with Crippen LogP contribution in [0, 0.1) is 5.41 Å². The van der Waals surface area contributed by atoms with E-state index in [4.69, 9.17) is 10.2 Å². The summed E-state index contributed by atoms with van der Waals surface area (Å²) in [6.45, 7) is 11.5. The van der Waals surface area contributed by atoms with Gasteiger partial charge in [-0.15, -0.1) is 0 Å². The van der Waals surface area contributed by atoms with Gasteiger partial charge >= 0.3 is 0 Å². The number of carbonyl (C=O) groups is 1. The molecule has 0 saturated heterocycles. The average molecular weight is 224 g/mol. The molecular weight excluding hydrogens is 204 g/mol. The number of nitrogen functional groups attached to an aromatic ring is 1. The molecule has 0 radical (unpaired) electrons. The summed E-state index contributed by atoms with van der Waals surface area (Å²) in [6, 6.07) is 0.0533. The molecule has 0 atom stereocenters. The zero-order valence-electron chi connectivity index (χ0n) is 10.8. The lowest BCUT2D eigenvalue weighted by Crippen LogP contribution is -2.24. The Morgan fingerprint density at radius 1 is 1.19 bits per heavy atom. The highest BCUT2D eigenvalue weighted by Gasteiger charge is 2.33. The minimum Gasteiger partial charge on any atom is -0.420 e. The zero-order valence-corrected chi connectivity index (χ0v) is 10.8. The minimum atomic E-state index is -0.494. The number of nitrogens with zero attached hydrogens (tertiary/aromatic N) is 1. The topological polar surface area (TPSA) is 69.1 Å². The molecule has 1 aromatic heterocycles. The summed E-state index contributed by atoms with van der Waals surface area (Å²) in [7, 11) is 0. The van der Waals surface area contributed by atoms with Crippen molar-refractivity contribution in [2.24, 2.45) is 5.41 Å². The normalized spacial score (nSPS) is 12.9. The van der Waals surface area contributed by atoms with Gasteiger partial charge in [0.15, 0.2) is 5.76 Å². The molecule has 0 aliphatic carbocycles. The van der Waals surface area contributed by atoms with E-state index in [-0.39, 0.29) is 23.0 Å². The molecule has 0 bridgehead atoms. The standard InChI is InChI=1S/C12H20N2O2/c1-11(2,3)8-7(16-10(13)14-8)9(15)12(4,5)6/h1-6H3,(H2,13,14). The molecule has 0 spiro atoms. The molecule has 0 saturated carbocycles. The van der Waals surface area contributed by atoms with E-state index in [9.17, 15) is 4.79 Å². The van der Waals surface area contributed by atoms with Crippen LogP contribution >= 0.6 is 0 Å². The van der Waals surface area contributed by atoms with Gasteiger partial charge in [0.25, 0.3) is 6.01 Å². The Hall–Kier alpha value is -1.32. The van der Waals surface area contributed by atoms with E-state index in [1.54, 1.807) is 0 Å². The van der Waals surface area contributed by atoms with Crippen molar-refractivity contribution in [2.45, 2.75) is 47.0 Å². The Labute approximate surface area is 96.2 Å². The lowest BCUT2D eigenvalue weighted by molar-refractivity contribution is 0.0826. The summed E-state index contributed by atoms with van der Waals surface area (Å²) < 4.78 is 5.25. The third-order valence-electron chi connectivity index (χ3n) is 2.24. The first-order valence-corrected chi connectivity index (χ1v) is 5.35. The summed E-state index contributed by atoms with van der Waals surface area (Å²) in [5, 5.41) is 0. The number of carbonyl (C=O) groups excluding carboxylic acids is 1. The molecule has 4 nitrogen and oxygen atoms in total. The second-order valence-corrected chi connectivity index (χ2v) is 6.06. The summed E-state index contributed by atoms with van der Waals surface area (Å²) >= 11 is 0. The van der Waals surface area contributed by atoms with Crippen molar-refractivity contribution in [1.82, 2.24) is 4.98 Å². The SMILES string of the molecule is CC(C)(C)C(=O)c1oc(N)nc1C(C)(C)C. The maximum absolute atomic E-state index is 12.2. The minimum absolute atomic E-state index is 0.0533. The van der Waals surface area contributed by atoms with Crippen LogP contribution in [-0.4, -0.2) is 10.8 Å². The maximum atomic E-state index is 12.2. The van der Waals surface area contributed by atoms with Crippen LogP contribution in [-0.2, 0) is 5.41 Å². The molecule has 90 valence electrons. The van der Waals surface area contributed by atoms with Crippen molar-refractivity contribution in [3.63, 3.8) is 0 Å². The van der Waals surface area contributed by atoms with Crippen molar-refractivity contribution < 1.29 is 9.21 Å². The summed E-state index contributed by atoms with van der Waals surface area (Å²) in [6.07, 6.45) is 0. The van der Waals surface area contributed by atoms with Crippen molar-refractivity contribution in [1.29, 1.82) is 0 Å². The zero-order chi connectivity index (χ0) is 12.7. The van der Waals surface area contributed by atoms with Gasteiger partial charge in [0.2, 0.25) is 5.78 Å².